The number of rotatable bonds is 8. The van der Waals surface area contributed by atoms with Crippen LogP contribution in [0, 0.1) is 5.41 Å². The van der Waals surface area contributed by atoms with E-state index in [0.717, 1.165) is 16.7 Å². The first kappa shape index (κ1) is 27.2. The van der Waals surface area contributed by atoms with Gasteiger partial charge in [0.1, 0.15) is 11.4 Å². The van der Waals surface area contributed by atoms with Gasteiger partial charge in [-0.2, -0.15) is 0 Å². The van der Waals surface area contributed by atoms with Gasteiger partial charge in [0, 0.05) is 33.1 Å². The van der Waals surface area contributed by atoms with Crippen LogP contribution in [0.25, 0.3) is 5.70 Å². The number of hydrogen-bond acceptors (Lipinski definition) is 7. The van der Waals surface area contributed by atoms with E-state index in [1.807, 2.05) is 61.5 Å². The van der Waals surface area contributed by atoms with Crippen molar-refractivity contribution in [3.63, 3.8) is 0 Å². The number of carbonyl (C=O) groups is 2. The number of likely N-dealkylation sites (tertiary alicyclic amines) is 1. The largest absolute Gasteiger partial charge is 0.388 e. The Morgan fingerprint density at radius 3 is 2.42 bits per heavy atom. The molecule has 0 saturated carbocycles. The van der Waals surface area contributed by atoms with Crippen molar-refractivity contribution in [3.8, 4) is 0 Å². The number of amides is 2. The van der Waals surface area contributed by atoms with E-state index in [-0.39, 0.29) is 29.8 Å². The zero-order valence-electron chi connectivity index (χ0n) is 22.0. The third-order valence-corrected chi connectivity index (χ3v) is 7.36. The Morgan fingerprint density at radius 2 is 1.82 bits per heavy atom. The molecule has 2 aliphatic heterocycles. The molecule has 2 aromatic rings. The molecule has 38 heavy (non-hydrogen) atoms. The lowest BCUT2D eigenvalue weighted by Gasteiger charge is -2.40. The highest BCUT2D eigenvalue weighted by atomic mass is 16.3. The van der Waals surface area contributed by atoms with E-state index in [0.29, 0.717) is 44.6 Å². The molecule has 1 fully saturated rings. The number of nitrogens with zero attached hydrogens (tertiary/aromatic N) is 3. The Labute approximate surface area is 223 Å². The van der Waals surface area contributed by atoms with Gasteiger partial charge in [-0.25, -0.2) is 4.99 Å². The molecule has 1 saturated heterocycles. The van der Waals surface area contributed by atoms with E-state index in [1.165, 1.54) is 11.2 Å². The van der Waals surface area contributed by atoms with Gasteiger partial charge < -0.3 is 21.1 Å². The molecule has 2 amide bonds. The zero-order valence-corrected chi connectivity index (χ0v) is 22.0. The maximum absolute atomic E-state index is 13.1. The van der Waals surface area contributed by atoms with Crippen LogP contribution in [0.3, 0.4) is 0 Å². The van der Waals surface area contributed by atoms with E-state index in [1.54, 1.807) is 11.9 Å². The number of aliphatic imine (C=N–C) groups is 1. The molecular formula is C29H36N6O3. The van der Waals surface area contributed by atoms with E-state index in [4.69, 9.17) is 11.1 Å². The number of nitrogens with one attached hydrogen (secondary N) is 2. The summed E-state index contributed by atoms with van der Waals surface area (Å²) in [6.07, 6.45) is 2.50. The first-order valence-corrected chi connectivity index (χ1v) is 13.0. The second-order valence-electron chi connectivity index (χ2n) is 10.0. The van der Waals surface area contributed by atoms with Crippen molar-refractivity contribution in [1.29, 1.82) is 5.41 Å². The zero-order chi connectivity index (χ0) is 27.3. The molecule has 4 rings (SSSR count). The minimum absolute atomic E-state index is 0.0214. The van der Waals surface area contributed by atoms with Gasteiger partial charge in [0.25, 0.3) is 5.91 Å². The molecule has 9 heteroatoms. The highest BCUT2D eigenvalue weighted by Gasteiger charge is 2.38. The number of hydrogen-bond donors (Lipinski definition) is 4. The minimum atomic E-state index is -1.16. The number of β-amino-alcohol motifs (C(OH)–C–C–N with tert-alkyl or cyclic N) is 1. The molecule has 0 aliphatic carbocycles. The van der Waals surface area contributed by atoms with Crippen molar-refractivity contribution >= 4 is 29.6 Å². The summed E-state index contributed by atoms with van der Waals surface area (Å²) in [6, 6.07) is 17.5. The van der Waals surface area contributed by atoms with Gasteiger partial charge in [0.15, 0.2) is 0 Å². The summed E-state index contributed by atoms with van der Waals surface area (Å²) in [5.41, 5.74) is 7.99. The SMILES string of the molecule is CN/C(=C1/N=CN(CC2(O)CCN(C(=O)C[C@@H](C)c3ccccc3)CC2)C(=O)C1=N)c1ccc(CN)cc1. The molecule has 1 atom stereocenters. The third-order valence-electron chi connectivity index (χ3n) is 7.36. The molecule has 2 heterocycles. The average Bonchev–Trinajstić information content (AvgIpc) is 2.94. The highest BCUT2D eigenvalue weighted by Crippen LogP contribution is 2.28. The van der Waals surface area contributed by atoms with Gasteiger partial charge in [-0.05, 0) is 35.4 Å². The Balaban J connectivity index is 1.39. The number of piperidine rings is 1. The Morgan fingerprint density at radius 1 is 1.16 bits per heavy atom. The summed E-state index contributed by atoms with van der Waals surface area (Å²) >= 11 is 0. The smallest absolute Gasteiger partial charge is 0.279 e. The topological polar surface area (TPSA) is 135 Å². The fourth-order valence-corrected chi connectivity index (χ4v) is 4.94. The first-order valence-electron chi connectivity index (χ1n) is 13.0. The summed E-state index contributed by atoms with van der Waals surface area (Å²) in [7, 11) is 1.72. The van der Waals surface area contributed by atoms with Crippen LogP contribution in [0.4, 0.5) is 0 Å². The van der Waals surface area contributed by atoms with E-state index in [2.05, 4.69) is 10.3 Å². The van der Waals surface area contributed by atoms with Crippen molar-refractivity contribution in [2.75, 3.05) is 26.7 Å². The van der Waals surface area contributed by atoms with Gasteiger partial charge in [-0.1, -0.05) is 61.5 Å². The molecule has 0 radical (unpaired) electrons. The summed E-state index contributed by atoms with van der Waals surface area (Å²) < 4.78 is 0. The van der Waals surface area contributed by atoms with Crippen molar-refractivity contribution < 1.29 is 14.7 Å². The summed E-state index contributed by atoms with van der Waals surface area (Å²) in [5.74, 6) is -0.347. The maximum atomic E-state index is 13.1. The number of carbonyl (C=O) groups excluding carboxylic acids is 2. The molecule has 2 aromatic carbocycles. The van der Waals surface area contributed by atoms with Crippen molar-refractivity contribution in [2.45, 2.75) is 44.2 Å². The van der Waals surface area contributed by atoms with Gasteiger partial charge in [0.05, 0.1) is 24.2 Å². The van der Waals surface area contributed by atoms with Crippen LogP contribution in [0.1, 0.15) is 48.8 Å². The quantitative estimate of drug-likeness (QED) is 0.428. The van der Waals surface area contributed by atoms with E-state index in [9.17, 15) is 14.7 Å². The molecule has 200 valence electrons. The lowest BCUT2D eigenvalue weighted by Crippen LogP contribution is -2.54. The summed E-state index contributed by atoms with van der Waals surface area (Å²) in [6.45, 7) is 3.33. The second kappa shape index (κ2) is 11.7. The Bertz CT molecular complexity index is 1230. The fourth-order valence-electron chi connectivity index (χ4n) is 4.94. The lowest BCUT2D eigenvalue weighted by molar-refractivity contribution is -0.137. The molecular weight excluding hydrogens is 480 g/mol. The van der Waals surface area contributed by atoms with Gasteiger partial charge in [0.2, 0.25) is 5.91 Å². The van der Waals surface area contributed by atoms with Gasteiger partial charge >= 0.3 is 0 Å². The van der Waals surface area contributed by atoms with Crippen LogP contribution in [-0.4, -0.2) is 71.1 Å². The molecule has 0 unspecified atom stereocenters. The normalized spacial score (nSPS) is 19.4. The Hall–Kier alpha value is -3.82. The Kier molecular flexibility index (Phi) is 8.38. The predicted octanol–water partition coefficient (Wildman–Crippen LogP) is 2.47. The van der Waals surface area contributed by atoms with Crippen LogP contribution >= 0.6 is 0 Å². The fraction of sp³-hybridized carbons (Fsp3) is 0.379. The molecule has 2 aliphatic rings. The molecule has 0 bridgehead atoms. The molecule has 0 aromatic heterocycles. The van der Waals surface area contributed by atoms with Crippen LogP contribution in [-0.2, 0) is 16.1 Å². The molecule has 5 N–H and O–H groups in total. The molecule has 0 spiro atoms. The van der Waals surface area contributed by atoms with Crippen molar-refractivity contribution in [3.05, 3.63) is 77.0 Å². The maximum Gasteiger partial charge on any atom is 0.279 e. The highest BCUT2D eigenvalue weighted by molar-refractivity contribution is 6.47. The van der Waals surface area contributed by atoms with Crippen molar-refractivity contribution in [2.24, 2.45) is 10.7 Å². The summed E-state index contributed by atoms with van der Waals surface area (Å²) in [5, 5.41) is 22.8. The number of aliphatic hydroxyl groups is 1. The van der Waals surface area contributed by atoms with E-state index < -0.39 is 11.5 Å². The third kappa shape index (κ3) is 6.00. The average molecular weight is 517 g/mol. The minimum Gasteiger partial charge on any atom is -0.388 e. The van der Waals surface area contributed by atoms with Gasteiger partial charge in [-0.3, -0.25) is 19.9 Å². The van der Waals surface area contributed by atoms with Crippen LogP contribution in [0.5, 0.6) is 0 Å². The predicted molar refractivity (Wildman–Crippen MR) is 148 cm³/mol. The van der Waals surface area contributed by atoms with Crippen LogP contribution in [0.15, 0.2) is 65.3 Å². The van der Waals surface area contributed by atoms with Crippen molar-refractivity contribution in [1.82, 2.24) is 15.1 Å². The summed E-state index contributed by atoms with van der Waals surface area (Å²) in [4.78, 5) is 33.5. The lowest BCUT2D eigenvalue weighted by atomic mass is 9.89. The van der Waals surface area contributed by atoms with Crippen LogP contribution in [0.2, 0.25) is 0 Å². The second-order valence-corrected chi connectivity index (χ2v) is 10.0. The van der Waals surface area contributed by atoms with Gasteiger partial charge in [-0.15, -0.1) is 0 Å². The van der Waals surface area contributed by atoms with Crippen LogP contribution < -0.4 is 11.1 Å². The first-order chi connectivity index (χ1) is 18.2. The monoisotopic (exact) mass is 516 g/mol. The van der Waals surface area contributed by atoms with E-state index >= 15 is 0 Å². The standard InChI is InChI=1S/C29H36N6O3/c1-20(22-6-4-3-5-7-22)16-24(36)34-14-12-29(38,13-15-34)18-35-19-33-27(25(31)28(35)37)26(32-2)23-10-8-21(17-30)9-11-23/h3-11,19-20,31-32,38H,12-18,30H2,1-2H3/b27-26+,31-25?/t20-/m1/s1. The number of nitrogens with two attached hydrogens (primary N) is 1. The molecule has 9 nitrogen and oxygen atoms in total. The number of benzene rings is 2.